The number of nitrogens with zero attached hydrogens (tertiary/aromatic N) is 2. The summed E-state index contributed by atoms with van der Waals surface area (Å²) in [5.74, 6) is 0.187. The fraction of sp³-hybridized carbons (Fsp3) is 0.929. The predicted molar refractivity (Wildman–Crippen MR) is 79.8 cm³/mol. The summed E-state index contributed by atoms with van der Waals surface area (Å²) in [5, 5.41) is 0. The largest absolute Gasteiger partial charge is 0.380 e. The Bertz CT molecular complexity index is 531. The van der Waals surface area contributed by atoms with Crippen LogP contribution in [0.3, 0.4) is 0 Å². The average Bonchev–Trinajstić information content (AvgIpc) is 3.12. The van der Waals surface area contributed by atoms with Gasteiger partial charge in [0.1, 0.15) is 6.61 Å². The Kier molecular flexibility index (Phi) is 4.46. The number of amides is 1. The summed E-state index contributed by atoms with van der Waals surface area (Å²) in [6.07, 6.45) is 3.37. The van der Waals surface area contributed by atoms with Crippen LogP contribution in [0.15, 0.2) is 0 Å². The number of rotatable bonds is 5. The van der Waals surface area contributed by atoms with Crippen molar-refractivity contribution in [3.63, 3.8) is 0 Å². The zero-order valence-electron chi connectivity index (χ0n) is 13.0. The Balaban J connectivity index is 1.55. The topological polar surface area (TPSA) is 76.1 Å². The first kappa shape index (κ1) is 16.2. The van der Waals surface area contributed by atoms with Crippen molar-refractivity contribution in [3.8, 4) is 0 Å². The van der Waals surface area contributed by atoms with Gasteiger partial charge in [0.2, 0.25) is 15.9 Å². The van der Waals surface area contributed by atoms with Crippen LogP contribution in [0.4, 0.5) is 0 Å². The molecule has 3 saturated heterocycles. The Morgan fingerprint density at radius 1 is 1.36 bits per heavy atom. The van der Waals surface area contributed by atoms with E-state index in [1.165, 1.54) is 10.6 Å². The summed E-state index contributed by atoms with van der Waals surface area (Å²) in [5.41, 5.74) is -0.297. The highest BCUT2D eigenvalue weighted by molar-refractivity contribution is 7.88. The van der Waals surface area contributed by atoms with Crippen molar-refractivity contribution in [1.29, 1.82) is 0 Å². The van der Waals surface area contributed by atoms with Crippen LogP contribution in [-0.4, -0.2) is 82.4 Å². The third-order valence-corrected chi connectivity index (χ3v) is 6.25. The van der Waals surface area contributed by atoms with E-state index in [4.69, 9.17) is 9.47 Å². The molecule has 0 saturated carbocycles. The van der Waals surface area contributed by atoms with E-state index in [1.807, 2.05) is 4.90 Å². The first-order chi connectivity index (χ1) is 10.4. The maximum absolute atomic E-state index is 12.0. The molecule has 0 bridgehead atoms. The second-order valence-corrected chi connectivity index (χ2v) is 8.69. The van der Waals surface area contributed by atoms with Gasteiger partial charge in [-0.15, -0.1) is 0 Å². The predicted octanol–water partition coefficient (Wildman–Crippen LogP) is -0.467. The molecule has 3 aliphatic heterocycles. The lowest BCUT2D eigenvalue weighted by molar-refractivity contribution is -0.136. The third kappa shape index (κ3) is 3.15. The van der Waals surface area contributed by atoms with Gasteiger partial charge in [0, 0.05) is 37.5 Å². The van der Waals surface area contributed by atoms with Crippen LogP contribution in [0, 0.1) is 11.3 Å². The lowest BCUT2D eigenvalue weighted by Gasteiger charge is -2.27. The maximum atomic E-state index is 12.0. The smallest absolute Gasteiger partial charge is 0.248 e. The van der Waals surface area contributed by atoms with Gasteiger partial charge in [0.15, 0.2) is 0 Å². The summed E-state index contributed by atoms with van der Waals surface area (Å²) in [6, 6.07) is 0. The lowest BCUT2D eigenvalue weighted by atomic mass is 9.82. The molecule has 1 amide bonds. The van der Waals surface area contributed by atoms with Crippen LogP contribution >= 0.6 is 0 Å². The van der Waals surface area contributed by atoms with Crippen molar-refractivity contribution >= 4 is 15.9 Å². The number of hydrogen-bond donors (Lipinski definition) is 0. The molecule has 0 N–H and O–H groups in total. The first-order valence-corrected chi connectivity index (χ1v) is 9.64. The molecule has 0 aliphatic carbocycles. The number of fused-ring (bicyclic) bond motifs is 1. The van der Waals surface area contributed by atoms with Crippen LogP contribution < -0.4 is 0 Å². The summed E-state index contributed by atoms with van der Waals surface area (Å²) < 4.78 is 36.2. The fourth-order valence-electron chi connectivity index (χ4n) is 3.64. The molecule has 0 aromatic heterocycles. The number of hydrogen-bond acceptors (Lipinski definition) is 5. The van der Waals surface area contributed by atoms with Crippen LogP contribution in [0.2, 0.25) is 0 Å². The number of ether oxygens (including phenoxy) is 2. The van der Waals surface area contributed by atoms with Crippen LogP contribution in [0.25, 0.3) is 0 Å². The number of sulfonamides is 1. The maximum Gasteiger partial charge on any atom is 0.248 e. The number of carbonyl (C=O) groups is 1. The van der Waals surface area contributed by atoms with E-state index < -0.39 is 10.0 Å². The Hall–Kier alpha value is -0.700. The standard InChI is InChI=1S/C14H24N2O5S/c1-22(18,19)16-6-12-7-20-10-14(12,9-16)11-21-8-13(17)15-4-2-3-5-15/h12H,2-11H2,1H3/t12-,14+/m0/s1. The molecule has 0 spiro atoms. The van der Waals surface area contributed by atoms with Gasteiger partial charge in [-0.05, 0) is 12.8 Å². The SMILES string of the molecule is CS(=O)(=O)N1C[C@H]2COC[C@@]2(COCC(=O)N2CCCC2)C1. The van der Waals surface area contributed by atoms with E-state index in [0.717, 1.165) is 25.9 Å². The van der Waals surface area contributed by atoms with E-state index in [9.17, 15) is 13.2 Å². The van der Waals surface area contributed by atoms with Gasteiger partial charge in [-0.3, -0.25) is 4.79 Å². The molecule has 126 valence electrons. The Morgan fingerprint density at radius 2 is 2.09 bits per heavy atom. The normalized spacial score (nSPS) is 32.6. The van der Waals surface area contributed by atoms with Crippen molar-refractivity contribution in [2.45, 2.75) is 12.8 Å². The van der Waals surface area contributed by atoms with Gasteiger partial charge in [-0.25, -0.2) is 12.7 Å². The van der Waals surface area contributed by atoms with Crippen molar-refractivity contribution in [3.05, 3.63) is 0 Å². The molecule has 0 aromatic rings. The molecule has 3 heterocycles. The molecule has 3 fully saturated rings. The fourth-order valence-corrected chi connectivity index (χ4v) is 4.58. The molecule has 8 heteroatoms. The van der Waals surface area contributed by atoms with Crippen LogP contribution in [0.5, 0.6) is 0 Å². The van der Waals surface area contributed by atoms with E-state index in [-0.39, 0.29) is 23.8 Å². The highest BCUT2D eigenvalue weighted by Gasteiger charge is 2.53. The summed E-state index contributed by atoms with van der Waals surface area (Å²) in [4.78, 5) is 13.8. The minimum Gasteiger partial charge on any atom is -0.380 e. The second kappa shape index (κ2) is 6.07. The second-order valence-electron chi connectivity index (χ2n) is 6.71. The molecular formula is C14H24N2O5S. The summed E-state index contributed by atoms with van der Waals surface area (Å²) in [7, 11) is -3.19. The molecule has 22 heavy (non-hydrogen) atoms. The van der Waals surface area contributed by atoms with E-state index in [2.05, 4.69) is 0 Å². The molecule has 0 radical (unpaired) electrons. The van der Waals surface area contributed by atoms with Crippen molar-refractivity contribution < 1.29 is 22.7 Å². The van der Waals surface area contributed by atoms with Gasteiger partial charge < -0.3 is 14.4 Å². The molecular weight excluding hydrogens is 308 g/mol. The van der Waals surface area contributed by atoms with Crippen molar-refractivity contribution in [2.75, 3.05) is 58.9 Å². The van der Waals surface area contributed by atoms with Gasteiger partial charge in [-0.2, -0.15) is 0 Å². The first-order valence-electron chi connectivity index (χ1n) is 7.79. The minimum absolute atomic E-state index is 0.0299. The zero-order valence-corrected chi connectivity index (χ0v) is 13.8. The molecule has 3 rings (SSSR count). The Labute approximate surface area is 131 Å². The van der Waals surface area contributed by atoms with Gasteiger partial charge in [0.05, 0.1) is 26.1 Å². The number of likely N-dealkylation sites (tertiary alicyclic amines) is 1. The van der Waals surface area contributed by atoms with Gasteiger partial charge >= 0.3 is 0 Å². The average molecular weight is 332 g/mol. The van der Waals surface area contributed by atoms with Crippen molar-refractivity contribution in [2.24, 2.45) is 11.3 Å². The molecule has 2 atom stereocenters. The quantitative estimate of drug-likeness (QED) is 0.680. The van der Waals surface area contributed by atoms with Crippen LogP contribution in [-0.2, 0) is 24.3 Å². The summed E-state index contributed by atoms with van der Waals surface area (Å²) in [6.45, 7) is 4.08. The van der Waals surface area contributed by atoms with Crippen LogP contribution in [0.1, 0.15) is 12.8 Å². The molecule has 0 unspecified atom stereocenters. The summed E-state index contributed by atoms with van der Waals surface area (Å²) >= 11 is 0. The zero-order chi connectivity index (χ0) is 15.8. The van der Waals surface area contributed by atoms with E-state index >= 15 is 0 Å². The highest BCUT2D eigenvalue weighted by atomic mass is 32.2. The van der Waals surface area contributed by atoms with E-state index in [1.54, 1.807) is 0 Å². The third-order valence-electron chi connectivity index (χ3n) is 5.03. The molecule has 0 aromatic carbocycles. The Morgan fingerprint density at radius 3 is 2.77 bits per heavy atom. The van der Waals surface area contributed by atoms with Gasteiger partial charge in [0.25, 0.3) is 0 Å². The van der Waals surface area contributed by atoms with Crippen molar-refractivity contribution in [1.82, 2.24) is 9.21 Å². The highest BCUT2D eigenvalue weighted by Crippen LogP contribution is 2.42. The lowest BCUT2D eigenvalue weighted by Crippen LogP contribution is -2.39. The minimum atomic E-state index is -3.19. The van der Waals surface area contributed by atoms with E-state index in [0.29, 0.717) is 32.9 Å². The molecule has 7 nitrogen and oxygen atoms in total. The van der Waals surface area contributed by atoms with Gasteiger partial charge in [-0.1, -0.05) is 0 Å². The molecule has 3 aliphatic rings. The monoisotopic (exact) mass is 332 g/mol. The number of carbonyl (C=O) groups excluding carboxylic acids is 1.